The molecule has 1 atom stereocenters. The summed E-state index contributed by atoms with van der Waals surface area (Å²) in [5.74, 6) is -1.47. The normalized spacial score (nSPS) is 12.0. The number of likely N-dealkylation sites (N-methyl/N-ethyl adjacent to an activating group) is 1. The Hall–Kier alpha value is -3.07. The molecule has 0 aromatic heterocycles. The van der Waals surface area contributed by atoms with Crippen LogP contribution in [0.4, 0.5) is 24.5 Å². The number of nitrogens with zero attached hydrogens (tertiary/aromatic N) is 1. The van der Waals surface area contributed by atoms with Gasteiger partial charge in [-0.3, -0.25) is 14.5 Å². The third-order valence-electron chi connectivity index (χ3n) is 3.92. The van der Waals surface area contributed by atoms with E-state index in [2.05, 4.69) is 15.4 Å². The number of alkyl halides is 2. The summed E-state index contributed by atoms with van der Waals surface area (Å²) in [6.45, 7) is -1.56. The monoisotopic (exact) mass is 395 g/mol. The van der Waals surface area contributed by atoms with Gasteiger partial charge >= 0.3 is 6.61 Å². The molecule has 0 aliphatic carbocycles. The second-order valence-electron chi connectivity index (χ2n) is 6.01. The van der Waals surface area contributed by atoms with Crippen molar-refractivity contribution in [3.63, 3.8) is 0 Å². The predicted octanol–water partition coefficient (Wildman–Crippen LogP) is 3.32. The van der Waals surface area contributed by atoms with Gasteiger partial charge in [0.1, 0.15) is 11.6 Å². The average Bonchev–Trinajstić information content (AvgIpc) is 2.64. The lowest BCUT2D eigenvalue weighted by molar-refractivity contribution is -0.122. The second-order valence-corrected chi connectivity index (χ2v) is 6.01. The number of carbonyl (C=O) groups is 2. The summed E-state index contributed by atoms with van der Waals surface area (Å²) in [5, 5.41) is 5.11. The number of benzene rings is 2. The fraction of sp³-hybridized carbons (Fsp3) is 0.263. The van der Waals surface area contributed by atoms with Gasteiger partial charge in [0, 0.05) is 5.69 Å². The number of anilines is 2. The van der Waals surface area contributed by atoms with Crippen molar-refractivity contribution in [2.45, 2.75) is 19.6 Å². The van der Waals surface area contributed by atoms with Crippen molar-refractivity contribution in [1.29, 1.82) is 0 Å². The fourth-order valence-corrected chi connectivity index (χ4v) is 2.30. The molecule has 0 aliphatic heterocycles. The van der Waals surface area contributed by atoms with Crippen LogP contribution in [0.15, 0.2) is 48.5 Å². The van der Waals surface area contributed by atoms with Crippen molar-refractivity contribution >= 4 is 23.2 Å². The first kappa shape index (κ1) is 21.2. The molecule has 9 heteroatoms. The molecule has 0 saturated heterocycles. The third kappa shape index (κ3) is 6.27. The van der Waals surface area contributed by atoms with Crippen molar-refractivity contribution in [2.75, 3.05) is 24.2 Å². The Labute approximate surface area is 160 Å². The molecule has 0 saturated carbocycles. The summed E-state index contributed by atoms with van der Waals surface area (Å²) in [6.07, 6.45) is 0. The molecule has 0 fully saturated rings. The van der Waals surface area contributed by atoms with Crippen molar-refractivity contribution in [3.05, 3.63) is 54.3 Å². The Morgan fingerprint density at radius 1 is 1.07 bits per heavy atom. The number of carbonyl (C=O) groups excluding carboxylic acids is 2. The van der Waals surface area contributed by atoms with E-state index >= 15 is 0 Å². The number of nitrogens with one attached hydrogen (secondary N) is 2. The SMILES string of the molecule is C[C@@H](C(=O)Nc1ccccc1OC(F)F)N(C)CC(=O)Nc1ccc(F)cc1. The van der Waals surface area contributed by atoms with Crippen molar-refractivity contribution in [1.82, 2.24) is 4.90 Å². The maximum absolute atomic E-state index is 12.9. The molecule has 2 N–H and O–H groups in total. The van der Waals surface area contributed by atoms with E-state index in [0.717, 1.165) is 0 Å². The number of rotatable bonds is 8. The van der Waals surface area contributed by atoms with Crippen LogP contribution in [0.2, 0.25) is 0 Å². The Bertz CT molecular complexity index is 816. The largest absolute Gasteiger partial charge is 0.433 e. The van der Waals surface area contributed by atoms with Gasteiger partial charge in [0.15, 0.2) is 0 Å². The predicted molar refractivity (Wildman–Crippen MR) is 98.8 cm³/mol. The summed E-state index contributed by atoms with van der Waals surface area (Å²) in [7, 11) is 1.57. The topological polar surface area (TPSA) is 70.7 Å². The Kier molecular flexibility index (Phi) is 7.39. The van der Waals surface area contributed by atoms with Crippen molar-refractivity contribution in [3.8, 4) is 5.75 Å². The lowest BCUT2D eigenvalue weighted by atomic mass is 10.2. The van der Waals surface area contributed by atoms with Gasteiger partial charge < -0.3 is 15.4 Å². The van der Waals surface area contributed by atoms with Gasteiger partial charge in [0.2, 0.25) is 11.8 Å². The van der Waals surface area contributed by atoms with Crippen molar-refractivity contribution < 1.29 is 27.5 Å². The number of amides is 2. The molecule has 2 aromatic carbocycles. The number of hydrogen-bond donors (Lipinski definition) is 2. The number of hydrogen-bond acceptors (Lipinski definition) is 4. The summed E-state index contributed by atoms with van der Waals surface area (Å²) < 4.78 is 42.2. The Balaban J connectivity index is 1.93. The summed E-state index contributed by atoms with van der Waals surface area (Å²) >= 11 is 0. The maximum Gasteiger partial charge on any atom is 0.387 e. The minimum Gasteiger partial charge on any atom is -0.433 e. The highest BCUT2D eigenvalue weighted by atomic mass is 19.3. The molecule has 0 spiro atoms. The minimum atomic E-state index is -3.02. The quantitative estimate of drug-likeness (QED) is 0.719. The molecule has 2 amide bonds. The van der Waals surface area contributed by atoms with Crippen LogP contribution in [0.25, 0.3) is 0 Å². The summed E-state index contributed by atoms with van der Waals surface area (Å²) in [4.78, 5) is 26.0. The summed E-state index contributed by atoms with van der Waals surface area (Å²) in [6, 6.07) is 10.4. The molecule has 28 heavy (non-hydrogen) atoms. The molecular weight excluding hydrogens is 375 g/mol. The Morgan fingerprint density at radius 3 is 2.36 bits per heavy atom. The molecule has 0 aliphatic rings. The molecule has 0 radical (unpaired) electrons. The van der Waals surface area contributed by atoms with Crippen LogP contribution in [-0.2, 0) is 9.59 Å². The highest BCUT2D eigenvalue weighted by Gasteiger charge is 2.21. The van der Waals surface area contributed by atoms with E-state index in [9.17, 15) is 22.8 Å². The fourth-order valence-electron chi connectivity index (χ4n) is 2.30. The van der Waals surface area contributed by atoms with E-state index in [4.69, 9.17) is 0 Å². The van der Waals surface area contributed by atoms with Crippen LogP contribution >= 0.6 is 0 Å². The smallest absolute Gasteiger partial charge is 0.387 e. The Morgan fingerprint density at radius 2 is 1.71 bits per heavy atom. The van der Waals surface area contributed by atoms with Crippen LogP contribution in [-0.4, -0.2) is 43.0 Å². The first-order valence-electron chi connectivity index (χ1n) is 8.36. The molecule has 0 bridgehead atoms. The second kappa shape index (κ2) is 9.75. The van der Waals surface area contributed by atoms with Crippen LogP contribution in [0, 0.1) is 5.82 Å². The zero-order chi connectivity index (χ0) is 20.7. The van der Waals surface area contributed by atoms with E-state index in [0.29, 0.717) is 5.69 Å². The van der Waals surface area contributed by atoms with Gasteiger partial charge in [-0.25, -0.2) is 4.39 Å². The molecular formula is C19H20F3N3O3. The van der Waals surface area contributed by atoms with E-state index in [1.165, 1.54) is 47.4 Å². The highest BCUT2D eigenvalue weighted by Crippen LogP contribution is 2.25. The molecule has 0 unspecified atom stereocenters. The van der Waals surface area contributed by atoms with Crippen LogP contribution in [0.1, 0.15) is 6.92 Å². The standard InChI is InChI=1S/C19H20F3N3O3/c1-12(18(27)24-15-5-3-4-6-16(15)28-19(21)22)25(2)11-17(26)23-14-9-7-13(20)8-10-14/h3-10,12,19H,11H2,1-2H3,(H,23,26)(H,24,27)/t12-/m0/s1. The van der Waals surface area contributed by atoms with Gasteiger partial charge in [-0.05, 0) is 50.4 Å². The molecule has 2 rings (SSSR count). The van der Waals surface area contributed by atoms with Crippen LogP contribution in [0.3, 0.4) is 0 Å². The molecule has 2 aromatic rings. The maximum atomic E-state index is 12.9. The van der Waals surface area contributed by atoms with E-state index in [1.54, 1.807) is 20.0 Å². The van der Waals surface area contributed by atoms with Gasteiger partial charge in [-0.1, -0.05) is 12.1 Å². The average molecular weight is 395 g/mol. The molecule has 0 heterocycles. The van der Waals surface area contributed by atoms with E-state index in [1.807, 2.05) is 0 Å². The van der Waals surface area contributed by atoms with Crippen molar-refractivity contribution in [2.24, 2.45) is 0 Å². The van der Waals surface area contributed by atoms with Gasteiger partial charge in [-0.2, -0.15) is 8.78 Å². The number of ether oxygens (including phenoxy) is 1. The third-order valence-corrected chi connectivity index (χ3v) is 3.92. The van der Waals surface area contributed by atoms with Gasteiger partial charge in [-0.15, -0.1) is 0 Å². The number of para-hydroxylation sites is 2. The van der Waals surface area contributed by atoms with E-state index in [-0.39, 0.29) is 18.0 Å². The van der Waals surface area contributed by atoms with E-state index < -0.39 is 30.3 Å². The van der Waals surface area contributed by atoms with Crippen LogP contribution < -0.4 is 15.4 Å². The molecule has 6 nitrogen and oxygen atoms in total. The van der Waals surface area contributed by atoms with Gasteiger partial charge in [0.05, 0.1) is 18.3 Å². The zero-order valence-electron chi connectivity index (χ0n) is 15.3. The lowest BCUT2D eigenvalue weighted by Crippen LogP contribution is -2.43. The minimum absolute atomic E-state index is 0.101. The molecule has 150 valence electrons. The first-order valence-corrected chi connectivity index (χ1v) is 8.36. The van der Waals surface area contributed by atoms with Gasteiger partial charge in [0.25, 0.3) is 0 Å². The van der Waals surface area contributed by atoms with Crippen LogP contribution in [0.5, 0.6) is 5.75 Å². The summed E-state index contributed by atoms with van der Waals surface area (Å²) in [5.41, 5.74) is 0.527. The highest BCUT2D eigenvalue weighted by molar-refractivity contribution is 5.97. The first-order chi connectivity index (χ1) is 13.3. The zero-order valence-corrected chi connectivity index (χ0v) is 15.3. The lowest BCUT2D eigenvalue weighted by Gasteiger charge is -2.23. The number of halogens is 3.